The molecule has 1 saturated carbocycles. The number of carboxylic acids is 1. The summed E-state index contributed by atoms with van der Waals surface area (Å²) in [6, 6.07) is 9.25. The number of Topliss-reactive ketones (excluding diaryl/α,β-unsaturated/α-hetero) is 1. The van der Waals surface area contributed by atoms with Crippen LogP contribution in [0.25, 0.3) is 0 Å². The first-order chi connectivity index (χ1) is 11.5. The van der Waals surface area contributed by atoms with Crippen molar-refractivity contribution in [3.8, 4) is 0 Å². The Kier molecular flexibility index (Phi) is 4.69. The van der Waals surface area contributed by atoms with Gasteiger partial charge in [0.15, 0.2) is 5.78 Å². The molecule has 0 aromatic heterocycles. The van der Waals surface area contributed by atoms with Gasteiger partial charge in [0, 0.05) is 31.0 Å². The molecule has 0 unspecified atom stereocenters. The van der Waals surface area contributed by atoms with Gasteiger partial charge in [0.25, 0.3) is 0 Å². The third-order valence-corrected chi connectivity index (χ3v) is 5.53. The zero-order chi connectivity index (χ0) is 17.2. The molecule has 2 fully saturated rings. The van der Waals surface area contributed by atoms with Crippen LogP contribution in [0.5, 0.6) is 0 Å². The van der Waals surface area contributed by atoms with E-state index >= 15 is 0 Å². The Morgan fingerprint density at radius 1 is 1.08 bits per heavy atom. The summed E-state index contributed by atoms with van der Waals surface area (Å²) in [5, 5.41) is 9.36. The van der Waals surface area contributed by atoms with Crippen molar-refractivity contribution in [3.05, 3.63) is 35.9 Å². The molecule has 1 aliphatic heterocycles. The van der Waals surface area contributed by atoms with E-state index in [-0.39, 0.29) is 24.0 Å². The number of ketones is 1. The van der Waals surface area contributed by atoms with Crippen molar-refractivity contribution in [1.29, 1.82) is 0 Å². The third-order valence-electron chi connectivity index (χ3n) is 5.53. The molecule has 1 aromatic carbocycles. The number of carbonyl (C=O) groups is 3. The quantitative estimate of drug-likeness (QED) is 0.843. The number of likely N-dealkylation sites (tertiary alicyclic amines) is 1. The molecule has 1 heterocycles. The summed E-state index contributed by atoms with van der Waals surface area (Å²) >= 11 is 0. The van der Waals surface area contributed by atoms with Crippen molar-refractivity contribution < 1.29 is 19.5 Å². The first-order valence-corrected chi connectivity index (χ1v) is 8.62. The largest absolute Gasteiger partial charge is 0.481 e. The van der Waals surface area contributed by atoms with Crippen LogP contribution in [-0.4, -0.2) is 40.8 Å². The van der Waals surface area contributed by atoms with E-state index in [1.54, 1.807) is 4.90 Å². The number of amides is 1. The predicted octanol–water partition coefficient (Wildman–Crippen LogP) is 2.75. The second kappa shape index (κ2) is 6.75. The highest BCUT2D eigenvalue weighted by Gasteiger charge is 2.46. The lowest BCUT2D eigenvalue weighted by atomic mass is 9.66. The van der Waals surface area contributed by atoms with Crippen molar-refractivity contribution in [3.63, 3.8) is 0 Å². The Morgan fingerprint density at radius 2 is 1.71 bits per heavy atom. The SMILES string of the molecule is O=C(c1ccccc1)C1CCN(C(=O)CC2(C(=O)O)CCC2)CC1. The highest BCUT2D eigenvalue weighted by molar-refractivity contribution is 5.98. The number of carboxylic acid groups (broad SMARTS) is 1. The summed E-state index contributed by atoms with van der Waals surface area (Å²) in [5.74, 6) is -0.837. The minimum absolute atomic E-state index is 0.0476. The number of nitrogens with zero attached hydrogens (tertiary/aromatic N) is 1. The fourth-order valence-electron chi connectivity index (χ4n) is 3.70. The lowest BCUT2D eigenvalue weighted by Gasteiger charge is -2.39. The summed E-state index contributed by atoms with van der Waals surface area (Å²) in [4.78, 5) is 38.0. The Bertz CT molecular complexity index is 628. The fourth-order valence-corrected chi connectivity index (χ4v) is 3.70. The van der Waals surface area contributed by atoms with Crippen molar-refractivity contribution in [2.24, 2.45) is 11.3 Å². The average molecular weight is 329 g/mol. The normalized spacial score (nSPS) is 20.2. The Hall–Kier alpha value is -2.17. The molecule has 0 atom stereocenters. The van der Waals surface area contributed by atoms with E-state index in [9.17, 15) is 19.5 Å². The maximum atomic E-state index is 12.5. The van der Waals surface area contributed by atoms with Crippen molar-refractivity contribution in [2.75, 3.05) is 13.1 Å². The molecule has 0 radical (unpaired) electrons. The molecule has 0 bridgehead atoms. The molecule has 5 nitrogen and oxygen atoms in total. The molecule has 2 aliphatic rings. The summed E-state index contributed by atoms with van der Waals surface area (Å²) in [5.41, 5.74) is -0.116. The molecule has 3 rings (SSSR count). The smallest absolute Gasteiger partial charge is 0.310 e. The van der Waals surface area contributed by atoms with E-state index in [1.165, 1.54) is 0 Å². The second-order valence-electron chi connectivity index (χ2n) is 7.00. The van der Waals surface area contributed by atoms with E-state index in [0.717, 1.165) is 12.0 Å². The maximum Gasteiger partial charge on any atom is 0.310 e. The van der Waals surface area contributed by atoms with Gasteiger partial charge in [-0.05, 0) is 25.7 Å². The van der Waals surface area contributed by atoms with E-state index in [0.29, 0.717) is 38.8 Å². The highest BCUT2D eigenvalue weighted by atomic mass is 16.4. The topological polar surface area (TPSA) is 74.7 Å². The van der Waals surface area contributed by atoms with Crippen LogP contribution in [0, 0.1) is 11.3 Å². The van der Waals surface area contributed by atoms with Crippen LogP contribution in [0.3, 0.4) is 0 Å². The highest BCUT2D eigenvalue weighted by Crippen LogP contribution is 2.44. The Balaban J connectivity index is 1.54. The van der Waals surface area contributed by atoms with E-state index in [4.69, 9.17) is 0 Å². The van der Waals surface area contributed by atoms with Crippen LogP contribution in [0.2, 0.25) is 0 Å². The summed E-state index contributed by atoms with van der Waals surface area (Å²) < 4.78 is 0. The van der Waals surface area contributed by atoms with E-state index in [2.05, 4.69) is 0 Å². The monoisotopic (exact) mass is 329 g/mol. The van der Waals surface area contributed by atoms with Crippen molar-refractivity contribution in [2.45, 2.75) is 38.5 Å². The number of benzene rings is 1. The van der Waals surface area contributed by atoms with Crippen LogP contribution in [0.4, 0.5) is 0 Å². The first-order valence-electron chi connectivity index (χ1n) is 8.62. The Labute approximate surface area is 141 Å². The van der Waals surface area contributed by atoms with E-state index in [1.807, 2.05) is 30.3 Å². The summed E-state index contributed by atoms with van der Waals surface area (Å²) in [6.07, 6.45) is 3.47. The molecule has 5 heteroatoms. The van der Waals surface area contributed by atoms with Gasteiger partial charge in [0.05, 0.1) is 5.41 Å². The number of rotatable bonds is 5. The standard InChI is InChI=1S/C19H23NO4/c21-16(13-19(18(23)24)9-4-10-19)20-11-7-15(8-12-20)17(22)14-5-2-1-3-6-14/h1-3,5-6,15H,4,7-13H2,(H,23,24). The predicted molar refractivity (Wildman–Crippen MR) is 88.6 cm³/mol. The average Bonchev–Trinajstić information content (AvgIpc) is 2.58. The van der Waals surface area contributed by atoms with Crippen LogP contribution in [0.15, 0.2) is 30.3 Å². The van der Waals surface area contributed by atoms with Gasteiger partial charge >= 0.3 is 5.97 Å². The summed E-state index contributed by atoms with van der Waals surface area (Å²) in [6.45, 7) is 1.08. The van der Waals surface area contributed by atoms with Gasteiger partial charge in [-0.15, -0.1) is 0 Å². The molecule has 1 aliphatic carbocycles. The number of carbonyl (C=O) groups excluding carboxylic acids is 2. The second-order valence-corrected chi connectivity index (χ2v) is 7.00. The molecular formula is C19H23NO4. The molecule has 1 saturated heterocycles. The molecule has 0 spiro atoms. The van der Waals surface area contributed by atoms with Gasteiger partial charge in [-0.3, -0.25) is 14.4 Å². The molecule has 1 aromatic rings. The number of hydrogen-bond donors (Lipinski definition) is 1. The lowest BCUT2D eigenvalue weighted by Crippen LogP contribution is -2.46. The zero-order valence-electron chi connectivity index (χ0n) is 13.7. The summed E-state index contributed by atoms with van der Waals surface area (Å²) in [7, 11) is 0. The van der Waals surface area contributed by atoms with E-state index < -0.39 is 11.4 Å². The van der Waals surface area contributed by atoms with Gasteiger partial charge in [0.2, 0.25) is 5.91 Å². The minimum Gasteiger partial charge on any atom is -0.481 e. The van der Waals surface area contributed by atoms with Crippen molar-refractivity contribution >= 4 is 17.7 Å². The van der Waals surface area contributed by atoms with Gasteiger partial charge in [-0.25, -0.2) is 0 Å². The molecule has 128 valence electrons. The van der Waals surface area contributed by atoms with Gasteiger partial charge in [-0.1, -0.05) is 36.8 Å². The van der Waals surface area contributed by atoms with Gasteiger partial charge in [0.1, 0.15) is 0 Å². The van der Waals surface area contributed by atoms with Gasteiger partial charge < -0.3 is 10.0 Å². The molecule has 1 amide bonds. The zero-order valence-corrected chi connectivity index (χ0v) is 13.7. The van der Waals surface area contributed by atoms with Crippen molar-refractivity contribution in [1.82, 2.24) is 4.90 Å². The van der Waals surface area contributed by atoms with Crippen LogP contribution in [0.1, 0.15) is 48.9 Å². The number of piperidine rings is 1. The molecular weight excluding hydrogens is 306 g/mol. The minimum atomic E-state index is -0.851. The lowest BCUT2D eigenvalue weighted by molar-refractivity contribution is -0.159. The van der Waals surface area contributed by atoms with Crippen LogP contribution >= 0.6 is 0 Å². The van der Waals surface area contributed by atoms with Crippen LogP contribution in [-0.2, 0) is 9.59 Å². The molecule has 1 N–H and O–H groups in total. The number of hydrogen-bond acceptors (Lipinski definition) is 3. The maximum absolute atomic E-state index is 12.5. The number of aliphatic carboxylic acids is 1. The fraction of sp³-hybridized carbons (Fsp3) is 0.526. The third kappa shape index (κ3) is 3.21. The molecule has 24 heavy (non-hydrogen) atoms. The van der Waals surface area contributed by atoms with Crippen LogP contribution < -0.4 is 0 Å². The van der Waals surface area contributed by atoms with Gasteiger partial charge in [-0.2, -0.15) is 0 Å². The Morgan fingerprint density at radius 3 is 2.21 bits per heavy atom. The first kappa shape index (κ1) is 16.7.